The summed E-state index contributed by atoms with van der Waals surface area (Å²) in [5.74, 6) is 0. The molecule has 0 aliphatic heterocycles. The zero-order valence-electron chi connectivity index (χ0n) is 18.0. The Bertz CT molecular complexity index is 1070. The molecule has 0 heterocycles. The van der Waals surface area contributed by atoms with Gasteiger partial charge in [-0.2, -0.15) is 26.3 Å². The lowest BCUT2D eigenvalue weighted by molar-refractivity contribution is -0.138. The number of benzene rings is 3. The van der Waals surface area contributed by atoms with Gasteiger partial charge in [0.2, 0.25) is 0 Å². The first-order chi connectivity index (χ1) is 15.2. The van der Waals surface area contributed by atoms with E-state index in [0.29, 0.717) is 21.2 Å². The summed E-state index contributed by atoms with van der Waals surface area (Å²) < 4.78 is 91.8. The summed E-state index contributed by atoms with van der Waals surface area (Å²) in [6, 6.07) is 16.1. The van der Waals surface area contributed by atoms with Crippen molar-refractivity contribution in [2.75, 3.05) is 0 Å². The second-order valence-corrected chi connectivity index (χ2v) is 13.0. The summed E-state index contributed by atoms with van der Waals surface area (Å²) in [4.78, 5) is 0. The van der Waals surface area contributed by atoms with Crippen molar-refractivity contribution in [1.29, 1.82) is 0 Å². The van der Waals surface area contributed by atoms with Crippen LogP contribution in [0.15, 0.2) is 72.8 Å². The third-order valence-corrected chi connectivity index (χ3v) is 9.58. The highest BCUT2D eigenvalue weighted by Gasteiger charge is 2.40. The first kappa shape index (κ1) is 25.4. The maximum atomic E-state index is 13.3. The summed E-state index contributed by atoms with van der Waals surface area (Å²) in [6.07, 6.45) is -9.02. The Morgan fingerprint density at radius 1 is 0.636 bits per heavy atom. The van der Waals surface area contributed by atoms with Crippen LogP contribution in [0.5, 0.6) is 0 Å². The summed E-state index contributed by atoms with van der Waals surface area (Å²) in [7, 11) is -3.46. The molecule has 0 aliphatic rings. The maximum Gasteiger partial charge on any atom is 0.416 e. The Morgan fingerprint density at radius 2 is 1.03 bits per heavy atom. The molecule has 0 radical (unpaired) electrons. The van der Waals surface area contributed by atoms with Crippen molar-refractivity contribution in [3.05, 3.63) is 83.9 Å². The Balaban J connectivity index is 2.21. The first-order valence-corrected chi connectivity index (χ1v) is 12.5. The van der Waals surface area contributed by atoms with Gasteiger partial charge in [0.25, 0.3) is 0 Å². The molecular weight excluding hydrogens is 480 g/mol. The van der Waals surface area contributed by atoms with Crippen LogP contribution in [0.25, 0.3) is 0 Å². The predicted octanol–water partition coefficient (Wildman–Crippen LogP) is 6.73. The smallest absolute Gasteiger partial charge is 0.166 e. The largest absolute Gasteiger partial charge is 0.416 e. The molecule has 0 saturated carbocycles. The van der Waals surface area contributed by atoms with Gasteiger partial charge in [-0.3, -0.25) is 0 Å². The van der Waals surface area contributed by atoms with E-state index in [0.717, 1.165) is 24.3 Å². The molecule has 174 valence electrons. The highest BCUT2D eigenvalue weighted by Crippen LogP contribution is 2.41. The van der Waals surface area contributed by atoms with Crippen LogP contribution in [0, 0.1) is 0 Å². The lowest BCUT2D eigenvalue weighted by atomic mass is 10.2. The summed E-state index contributed by atoms with van der Waals surface area (Å²) in [6.45, 7) is 5.46. The quantitative estimate of drug-likeness (QED) is 0.286. The van der Waals surface area contributed by atoms with Crippen molar-refractivity contribution in [1.82, 2.24) is 0 Å². The Labute approximate surface area is 190 Å². The van der Waals surface area contributed by atoms with Crippen molar-refractivity contribution < 1.29 is 30.9 Å². The normalized spacial score (nSPS) is 13.3. The van der Waals surface area contributed by atoms with Gasteiger partial charge in [-0.15, -0.1) is 0 Å². The minimum atomic E-state index is -4.51. The van der Waals surface area contributed by atoms with Crippen molar-refractivity contribution in [2.24, 2.45) is 0 Å². The van der Waals surface area contributed by atoms with Gasteiger partial charge in [0.1, 0.15) is 0 Å². The molecule has 33 heavy (non-hydrogen) atoms. The van der Waals surface area contributed by atoms with Gasteiger partial charge in [-0.05, 0) is 75.7 Å². The third-order valence-electron chi connectivity index (χ3n) is 4.86. The van der Waals surface area contributed by atoms with Crippen LogP contribution >= 0.6 is 15.7 Å². The molecule has 1 atom stereocenters. The van der Waals surface area contributed by atoms with Crippen LogP contribution in [-0.2, 0) is 16.9 Å². The van der Waals surface area contributed by atoms with E-state index in [2.05, 4.69) is 0 Å². The molecule has 1 nitrogen and oxygen atoms in total. The minimum Gasteiger partial charge on any atom is -0.166 e. The molecular formula is C24H21F6OP2+. The fourth-order valence-electron chi connectivity index (χ4n) is 3.21. The zero-order valence-corrected chi connectivity index (χ0v) is 19.8. The van der Waals surface area contributed by atoms with Gasteiger partial charge < -0.3 is 0 Å². The summed E-state index contributed by atoms with van der Waals surface area (Å²) in [5, 5.41) is 1.64. The van der Waals surface area contributed by atoms with Gasteiger partial charge in [0.15, 0.2) is 10.5 Å². The van der Waals surface area contributed by atoms with Gasteiger partial charge in [0, 0.05) is 5.30 Å². The molecule has 0 N–H and O–H groups in total. The van der Waals surface area contributed by atoms with Gasteiger partial charge >= 0.3 is 20.2 Å². The molecule has 0 aromatic heterocycles. The monoisotopic (exact) mass is 501 g/mol. The minimum absolute atomic E-state index is 0.516. The molecule has 0 aliphatic carbocycles. The molecule has 3 aromatic carbocycles. The fraction of sp³-hybridized carbons (Fsp3) is 0.250. The number of hydrogen-bond acceptors (Lipinski definition) is 1. The topological polar surface area (TPSA) is 17.1 Å². The van der Waals surface area contributed by atoms with Crippen LogP contribution < -0.4 is 21.2 Å². The van der Waals surface area contributed by atoms with Crippen LogP contribution in [0.2, 0.25) is 0 Å². The fourth-order valence-corrected chi connectivity index (χ4v) is 7.30. The Morgan fingerprint density at radius 3 is 1.39 bits per heavy atom. The van der Waals surface area contributed by atoms with Crippen LogP contribution in [0.1, 0.15) is 31.9 Å². The van der Waals surface area contributed by atoms with Gasteiger partial charge in [-0.1, -0.05) is 41.0 Å². The summed E-state index contributed by atoms with van der Waals surface area (Å²) in [5.41, 5.74) is -1.63. The van der Waals surface area contributed by atoms with Crippen LogP contribution in [0.3, 0.4) is 0 Å². The highest BCUT2D eigenvalue weighted by atomic mass is 31.1. The van der Waals surface area contributed by atoms with Crippen molar-refractivity contribution in [3.63, 3.8) is 0 Å². The lowest BCUT2D eigenvalue weighted by Gasteiger charge is -2.21. The van der Waals surface area contributed by atoms with E-state index in [1.807, 2.05) is 20.8 Å². The van der Waals surface area contributed by atoms with Crippen molar-refractivity contribution in [3.8, 4) is 0 Å². The number of halogens is 6. The summed E-state index contributed by atoms with van der Waals surface area (Å²) >= 11 is 0. The van der Waals surface area contributed by atoms with Crippen molar-refractivity contribution in [2.45, 2.75) is 38.3 Å². The lowest BCUT2D eigenvalue weighted by Crippen LogP contribution is -2.32. The number of rotatable bonds is 4. The van der Waals surface area contributed by atoms with E-state index in [1.165, 1.54) is 24.3 Å². The molecule has 9 heteroatoms. The first-order valence-electron chi connectivity index (χ1n) is 9.90. The maximum absolute atomic E-state index is 13.3. The van der Waals surface area contributed by atoms with E-state index in [4.69, 9.17) is 0 Å². The van der Waals surface area contributed by atoms with E-state index in [-0.39, 0.29) is 0 Å². The standard InChI is InChI=1S/C24H21F6OP2/c1-22(2,3)33(31)21-7-5-4-6-20(21)32(18-12-8-16(9-13-18)23(25,26)27)19-14-10-17(11-15-19)24(28,29)30/h4-15H,1-3H3/q+1. The second-order valence-electron chi connectivity index (χ2n) is 8.38. The van der Waals surface area contributed by atoms with E-state index in [9.17, 15) is 30.9 Å². The predicted molar refractivity (Wildman–Crippen MR) is 122 cm³/mol. The van der Waals surface area contributed by atoms with Crippen LogP contribution in [0.4, 0.5) is 26.3 Å². The molecule has 0 bridgehead atoms. The molecule has 0 saturated heterocycles. The van der Waals surface area contributed by atoms with E-state index < -0.39 is 44.4 Å². The third kappa shape index (κ3) is 5.83. The van der Waals surface area contributed by atoms with E-state index >= 15 is 0 Å². The Hall–Kier alpha value is -2.23. The van der Waals surface area contributed by atoms with Gasteiger partial charge in [-0.25, -0.2) is 0 Å². The average Bonchev–Trinajstić information content (AvgIpc) is 2.73. The van der Waals surface area contributed by atoms with Crippen molar-refractivity contribution >= 4 is 36.9 Å². The number of hydrogen-bond donors (Lipinski definition) is 0. The van der Waals surface area contributed by atoms with Crippen LogP contribution in [-0.4, -0.2) is 5.16 Å². The average molecular weight is 501 g/mol. The van der Waals surface area contributed by atoms with E-state index in [1.54, 1.807) is 24.3 Å². The molecule has 1 unspecified atom stereocenters. The highest BCUT2D eigenvalue weighted by molar-refractivity contribution is 7.81. The molecule has 3 aromatic rings. The molecule has 0 amide bonds. The van der Waals surface area contributed by atoms with Gasteiger partial charge in [0.05, 0.1) is 11.1 Å². The molecule has 0 spiro atoms. The SMILES string of the molecule is CC(C)(C)[P+](=O)c1ccccc1P(c1ccc(C(F)(F)F)cc1)c1ccc(C(F)(F)F)cc1. The molecule has 0 fully saturated rings. The zero-order chi connectivity index (χ0) is 24.6. The second kappa shape index (κ2) is 9.19. The Kier molecular flexibility index (Phi) is 7.07. The number of alkyl halides is 6. The molecule has 3 rings (SSSR count).